The molecule has 74 valence electrons. The van der Waals surface area contributed by atoms with Crippen molar-refractivity contribution in [2.45, 2.75) is 31.2 Å². The third kappa shape index (κ3) is 3.75. The van der Waals surface area contributed by atoms with Crippen molar-refractivity contribution in [3.05, 3.63) is 5.89 Å². The van der Waals surface area contributed by atoms with E-state index in [4.69, 9.17) is 15.3 Å². The fourth-order valence-corrected chi connectivity index (χ4v) is 1.58. The van der Waals surface area contributed by atoms with Crippen molar-refractivity contribution in [1.29, 1.82) is 0 Å². The number of aliphatic hydroxyl groups is 1. The number of rotatable bonds is 5. The van der Waals surface area contributed by atoms with Crippen LogP contribution in [0.25, 0.3) is 0 Å². The molecule has 0 fully saturated rings. The van der Waals surface area contributed by atoms with Crippen molar-refractivity contribution in [3.8, 4) is 0 Å². The molecule has 1 aromatic rings. The van der Waals surface area contributed by atoms with E-state index in [9.17, 15) is 0 Å². The Morgan fingerprint density at radius 2 is 2.38 bits per heavy atom. The predicted molar refractivity (Wildman–Crippen MR) is 49.2 cm³/mol. The van der Waals surface area contributed by atoms with E-state index in [1.54, 1.807) is 6.92 Å². The molecule has 1 aromatic heterocycles. The Hall–Kier alpha value is -0.590. The van der Waals surface area contributed by atoms with E-state index in [-0.39, 0.29) is 12.6 Å². The van der Waals surface area contributed by atoms with Gasteiger partial charge in [0, 0.05) is 5.75 Å². The van der Waals surface area contributed by atoms with Crippen LogP contribution in [0.3, 0.4) is 0 Å². The normalized spacial score (nSPS) is 13.2. The van der Waals surface area contributed by atoms with Crippen LogP contribution in [-0.2, 0) is 6.54 Å². The van der Waals surface area contributed by atoms with Crippen LogP contribution in [-0.4, -0.2) is 27.2 Å². The van der Waals surface area contributed by atoms with E-state index in [0.717, 1.165) is 5.75 Å². The molecule has 0 bridgehead atoms. The summed E-state index contributed by atoms with van der Waals surface area (Å²) in [7, 11) is 0. The van der Waals surface area contributed by atoms with Gasteiger partial charge >= 0.3 is 0 Å². The third-order valence-corrected chi connectivity index (χ3v) is 2.24. The van der Waals surface area contributed by atoms with Crippen LogP contribution in [0.5, 0.6) is 0 Å². The van der Waals surface area contributed by atoms with Crippen molar-refractivity contribution in [2.75, 3.05) is 5.75 Å². The molecule has 1 unspecified atom stereocenters. The molecule has 0 amide bonds. The van der Waals surface area contributed by atoms with Gasteiger partial charge in [-0.1, -0.05) is 11.8 Å². The fourth-order valence-electron chi connectivity index (χ4n) is 0.696. The molecule has 0 saturated carbocycles. The summed E-state index contributed by atoms with van der Waals surface area (Å²) in [6.07, 6.45) is 0.426. The predicted octanol–water partition coefficient (Wildman–Crippen LogP) is 0.391. The van der Waals surface area contributed by atoms with Crippen LogP contribution in [0, 0.1) is 0 Å². The highest BCUT2D eigenvalue weighted by Crippen LogP contribution is 2.17. The summed E-state index contributed by atoms with van der Waals surface area (Å²) in [5.41, 5.74) is 5.29. The largest absolute Gasteiger partial charge is 0.415 e. The number of nitrogens with two attached hydrogens (primary N) is 1. The monoisotopic (exact) mass is 203 g/mol. The molecule has 13 heavy (non-hydrogen) atoms. The summed E-state index contributed by atoms with van der Waals surface area (Å²) in [6, 6.07) is 0. The Morgan fingerprint density at radius 1 is 1.62 bits per heavy atom. The van der Waals surface area contributed by atoms with Gasteiger partial charge in [0.2, 0.25) is 5.89 Å². The van der Waals surface area contributed by atoms with E-state index < -0.39 is 0 Å². The maximum atomic E-state index is 8.98. The second-order valence-electron chi connectivity index (χ2n) is 2.65. The van der Waals surface area contributed by atoms with Gasteiger partial charge in [0.05, 0.1) is 12.6 Å². The van der Waals surface area contributed by atoms with E-state index in [1.807, 2.05) is 0 Å². The molecule has 0 aliphatic heterocycles. The maximum Gasteiger partial charge on any atom is 0.276 e. The highest BCUT2D eigenvalue weighted by molar-refractivity contribution is 7.99. The summed E-state index contributed by atoms with van der Waals surface area (Å²) in [5, 5.41) is 17.0. The molecule has 1 atom stereocenters. The molecule has 0 aromatic carbocycles. The fraction of sp³-hybridized carbons (Fsp3) is 0.714. The zero-order valence-electron chi connectivity index (χ0n) is 7.43. The summed E-state index contributed by atoms with van der Waals surface area (Å²) < 4.78 is 5.15. The minimum Gasteiger partial charge on any atom is -0.415 e. The van der Waals surface area contributed by atoms with Crippen LogP contribution in [0.2, 0.25) is 0 Å². The number of thioether (sulfide) groups is 1. The first-order valence-corrected chi connectivity index (χ1v) is 5.04. The molecule has 0 spiro atoms. The molecule has 0 aliphatic rings. The number of hydrogen-bond donors (Lipinski definition) is 2. The second kappa shape index (κ2) is 5.21. The van der Waals surface area contributed by atoms with Gasteiger partial charge in [0.25, 0.3) is 5.22 Å². The van der Waals surface area contributed by atoms with Crippen molar-refractivity contribution in [2.24, 2.45) is 5.73 Å². The topological polar surface area (TPSA) is 85.2 Å². The van der Waals surface area contributed by atoms with E-state index in [0.29, 0.717) is 17.5 Å². The first-order chi connectivity index (χ1) is 6.22. The lowest BCUT2D eigenvalue weighted by atomic mass is 10.3. The van der Waals surface area contributed by atoms with Crippen molar-refractivity contribution < 1.29 is 9.52 Å². The Bertz CT molecular complexity index is 252. The van der Waals surface area contributed by atoms with Gasteiger partial charge in [-0.05, 0) is 13.3 Å². The molecule has 6 heteroatoms. The van der Waals surface area contributed by atoms with Gasteiger partial charge in [-0.15, -0.1) is 10.2 Å². The zero-order chi connectivity index (χ0) is 9.68. The van der Waals surface area contributed by atoms with Gasteiger partial charge in [-0.3, -0.25) is 0 Å². The highest BCUT2D eigenvalue weighted by Gasteiger charge is 2.05. The van der Waals surface area contributed by atoms with Crippen LogP contribution in [0.15, 0.2) is 9.64 Å². The van der Waals surface area contributed by atoms with Crippen LogP contribution >= 0.6 is 11.8 Å². The molecular weight excluding hydrogens is 190 g/mol. The third-order valence-electron chi connectivity index (χ3n) is 1.38. The Balaban J connectivity index is 2.28. The van der Waals surface area contributed by atoms with Crippen molar-refractivity contribution >= 4 is 11.8 Å². The van der Waals surface area contributed by atoms with Gasteiger partial charge < -0.3 is 15.3 Å². The standard InChI is InChI=1S/C7H13N3O2S/c1-5(11)2-3-13-7-10-9-6(4-8)12-7/h5,11H,2-4,8H2,1H3. The molecule has 5 nitrogen and oxygen atoms in total. The Labute approximate surface area is 80.7 Å². The minimum atomic E-state index is -0.288. The molecule has 0 radical (unpaired) electrons. The quantitative estimate of drug-likeness (QED) is 0.673. The Morgan fingerprint density at radius 3 is 2.92 bits per heavy atom. The number of hydrogen-bond acceptors (Lipinski definition) is 6. The van der Waals surface area contributed by atoms with Gasteiger partial charge in [0.1, 0.15) is 0 Å². The average molecular weight is 203 g/mol. The van der Waals surface area contributed by atoms with Gasteiger partial charge in [-0.2, -0.15) is 0 Å². The molecule has 1 rings (SSSR count). The lowest BCUT2D eigenvalue weighted by Gasteiger charge is -1.99. The summed E-state index contributed by atoms with van der Waals surface area (Å²) >= 11 is 1.43. The highest BCUT2D eigenvalue weighted by atomic mass is 32.2. The van der Waals surface area contributed by atoms with Crippen molar-refractivity contribution in [3.63, 3.8) is 0 Å². The average Bonchev–Trinajstić information content (AvgIpc) is 2.52. The van der Waals surface area contributed by atoms with Gasteiger partial charge in [0.15, 0.2) is 0 Å². The minimum absolute atomic E-state index is 0.268. The summed E-state index contributed by atoms with van der Waals surface area (Å²) in [4.78, 5) is 0. The first-order valence-electron chi connectivity index (χ1n) is 4.05. The molecule has 1 heterocycles. The summed E-state index contributed by atoms with van der Waals surface area (Å²) in [5.74, 6) is 1.21. The lowest BCUT2D eigenvalue weighted by molar-refractivity contribution is 0.192. The second-order valence-corrected chi connectivity index (χ2v) is 3.70. The van der Waals surface area contributed by atoms with Crippen molar-refractivity contribution in [1.82, 2.24) is 10.2 Å². The van der Waals surface area contributed by atoms with Gasteiger partial charge in [-0.25, -0.2) is 0 Å². The molecular formula is C7H13N3O2S. The maximum absolute atomic E-state index is 8.98. The lowest BCUT2D eigenvalue weighted by Crippen LogP contribution is -2.00. The first kappa shape index (κ1) is 10.5. The zero-order valence-corrected chi connectivity index (χ0v) is 8.25. The molecule has 0 aliphatic carbocycles. The molecule has 0 saturated heterocycles. The SMILES string of the molecule is CC(O)CCSc1nnc(CN)o1. The molecule has 3 N–H and O–H groups in total. The van der Waals surface area contributed by atoms with E-state index >= 15 is 0 Å². The number of aliphatic hydroxyl groups excluding tert-OH is 1. The number of nitrogens with zero attached hydrogens (tertiary/aromatic N) is 2. The van der Waals surface area contributed by atoms with Crippen LogP contribution < -0.4 is 5.73 Å². The summed E-state index contributed by atoms with van der Waals surface area (Å²) in [6.45, 7) is 2.02. The van der Waals surface area contributed by atoms with Crippen LogP contribution in [0.1, 0.15) is 19.2 Å². The van der Waals surface area contributed by atoms with Crippen LogP contribution in [0.4, 0.5) is 0 Å². The van der Waals surface area contributed by atoms with E-state index in [1.165, 1.54) is 11.8 Å². The smallest absolute Gasteiger partial charge is 0.276 e. The number of aromatic nitrogens is 2. The Kier molecular flexibility index (Phi) is 4.20. The van der Waals surface area contributed by atoms with E-state index in [2.05, 4.69) is 10.2 Å².